The van der Waals surface area contributed by atoms with Crippen molar-refractivity contribution in [2.24, 2.45) is 5.92 Å². The first-order valence-corrected chi connectivity index (χ1v) is 12.3. The molecule has 1 unspecified atom stereocenters. The number of rotatable bonds is 8. The molecule has 0 aliphatic carbocycles. The molecule has 8 nitrogen and oxygen atoms in total. The molecule has 0 spiro atoms. The van der Waals surface area contributed by atoms with Crippen molar-refractivity contribution >= 4 is 35.0 Å². The molecule has 2 heterocycles. The maximum Gasteiger partial charge on any atom is 0.273 e. The summed E-state index contributed by atoms with van der Waals surface area (Å²) in [7, 11) is 1.53. The van der Waals surface area contributed by atoms with Gasteiger partial charge in [0.05, 0.1) is 6.42 Å². The lowest BCUT2D eigenvalue weighted by Crippen LogP contribution is -2.54. The summed E-state index contributed by atoms with van der Waals surface area (Å²) in [6.07, 6.45) is 0.591. The molecule has 34 heavy (non-hydrogen) atoms. The molecule has 182 valence electrons. The van der Waals surface area contributed by atoms with Crippen LogP contribution in [0.15, 0.2) is 41.1 Å². The molecule has 0 fully saturated rings. The van der Waals surface area contributed by atoms with Crippen LogP contribution in [0, 0.1) is 5.92 Å². The summed E-state index contributed by atoms with van der Waals surface area (Å²) in [5.41, 5.74) is 1.68. The van der Waals surface area contributed by atoms with Crippen LogP contribution in [0.5, 0.6) is 0 Å². The van der Waals surface area contributed by atoms with Crippen LogP contribution in [0.4, 0.5) is 0 Å². The number of thiophene rings is 1. The van der Waals surface area contributed by atoms with E-state index < -0.39 is 23.9 Å². The van der Waals surface area contributed by atoms with Crippen LogP contribution in [-0.4, -0.2) is 52.8 Å². The number of carbonyl (C=O) groups is 4. The van der Waals surface area contributed by atoms with Gasteiger partial charge in [0.15, 0.2) is 0 Å². The lowest BCUT2D eigenvalue weighted by atomic mass is 9.98. The first kappa shape index (κ1) is 25.4. The van der Waals surface area contributed by atoms with E-state index in [9.17, 15) is 19.2 Å². The molecule has 2 aromatic rings. The van der Waals surface area contributed by atoms with Crippen molar-refractivity contribution in [2.75, 3.05) is 7.05 Å². The summed E-state index contributed by atoms with van der Waals surface area (Å²) < 4.78 is 0. The highest BCUT2D eigenvalue weighted by molar-refractivity contribution is 7.08. The molecule has 4 amide bonds. The predicted octanol–water partition coefficient (Wildman–Crippen LogP) is 2.92. The van der Waals surface area contributed by atoms with E-state index in [1.165, 1.54) is 28.4 Å². The third-order valence-corrected chi connectivity index (χ3v) is 6.41. The Labute approximate surface area is 204 Å². The fourth-order valence-electron chi connectivity index (χ4n) is 4.12. The summed E-state index contributed by atoms with van der Waals surface area (Å²) in [6, 6.07) is 6.56. The van der Waals surface area contributed by atoms with Crippen LogP contribution in [-0.2, 0) is 20.8 Å². The van der Waals surface area contributed by atoms with Gasteiger partial charge in [-0.2, -0.15) is 11.3 Å². The van der Waals surface area contributed by atoms with Gasteiger partial charge < -0.3 is 10.6 Å². The number of likely N-dealkylation sites (N-methyl/N-ethyl adjacent to an activating group) is 1. The molecule has 1 aromatic heterocycles. The van der Waals surface area contributed by atoms with Crippen molar-refractivity contribution in [2.45, 2.75) is 58.7 Å². The number of benzene rings is 1. The molecule has 1 aromatic carbocycles. The van der Waals surface area contributed by atoms with Crippen LogP contribution in [0.2, 0.25) is 0 Å². The van der Waals surface area contributed by atoms with E-state index in [1.807, 2.05) is 44.5 Å². The van der Waals surface area contributed by atoms with Crippen molar-refractivity contribution in [1.29, 1.82) is 0 Å². The smallest absolute Gasteiger partial charge is 0.273 e. The van der Waals surface area contributed by atoms with Gasteiger partial charge >= 0.3 is 0 Å². The Bertz CT molecular complexity index is 1050. The highest BCUT2D eigenvalue weighted by atomic mass is 32.1. The van der Waals surface area contributed by atoms with Gasteiger partial charge in [0.1, 0.15) is 12.1 Å². The molecule has 1 aliphatic rings. The Kier molecular flexibility index (Phi) is 8.09. The minimum absolute atomic E-state index is 0.134. The molecule has 2 atom stereocenters. The summed E-state index contributed by atoms with van der Waals surface area (Å²) in [5.74, 6) is -1.31. The van der Waals surface area contributed by atoms with Gasteiger partial charge in [0, 0.05) is 18.7 Å². The third-order valence-electron chi connectivity index (χ3n) is 5.68. The zero-order valence-electron chi connectivity index (χ0n) is 20.2. The number of amides is 4. The molecule has 0 radical (unpaired) electrons. The minimum atomic E-state index is -1.05. The molecule has 0 saturated carbocycles. The normalized spacial score (nSPS) is 17.0. The number of hydrazine groups is 1. The van der Waals surface area contributed by atoms with E-state index in [2.05, 4.69) is 10.6 Å². The summed E-state index contributed by atoms with van der Waals surface area (Å²) >= 11 is 1.51. The Balaban J connectivity index is 1.87. The van der Waals surface area contributed by atoms with E-state index in [4.69, 9.17) is 0 Å². The maximum absolute atomic E-state index is 13.4. The van der Waals surface area contributed by atoms with Gasteiger partial charge in [0.25, 0.3) is 11.8 Å². The Hall–Kier alpha value is -3.20. The Morgan fingerprint density at radius 2 is 1.79 bits per heavy atom. The lowest BCUT2D eigenvalue weighted by molar-refractivity contribution is -0.147. The number of nitrogens with zero attached hydrogens (tertiary/aromatic N) is 2. The SMILES string of the molecule is CC(C)C[C@H](NC(=O)Cc1ccsc1)C(=O)NC1C(=O)N(C)N(C(C)C)C(=O)c2ccccc21. The number of hydrogen-bond acceptors (Lipinski definition) is 5. The minimum Gasteiger partial charge on any atom is -0.344 e. The first-order valence-electron chi connectivity index (χ1n) is 11.4. The predicted molar refractivity (Wildman–Crippen MR) is 131 cm³/mol. The van der Waals surface area contributed by atoms with Gasteiger partial charge in [-0.1, -0.05) is 32.0 Å². The van der Waals surface area contributed by atoms with Crippen LogP contribution in [0.25, 0.3) is 0 Å². The zero-order valence-corrected chi connectivity index (χ0v) is 21.0. The average molecular weight is 485 g/mol. The Morgan fingerprint density at radius 1 is 1.09 bits per heavy atom. The summed E-state index contributed by atoms with van der Waals surface area (Å²) in [4.78, 5) is 52.6. The van der Waals surface area contributed by atoms with Gasteiger partial charge in [0.2, 0.25) is 11.8 Å². The van der Waals surface area contributed by atoms with Crippen molar-refractivity contribution < 1.29 is 19.2 Å². The molecule has 0 saturated heterocycles. The number of hydrogen-bond donors (Lipinski definition) is 2. The Morgan fingerprint density at radius 3 is 2.41 bits per heavy atom. The maximum atomic E-state index is 13.4. The molecular formula is C25H32N4O4S. The quantitative estimate of drug-likeness (QED) is 0.602. The van der Waals surface area contributed by atoms with E-state index in [0.29, 0.717) is 17.5 Å². The summed E-state index contributed by atoms with van der Waals surface area (Å²) in [6.45, 7) is 7.57. The van der Waals surface area contributed by atoms with Gasteiger partial charge in [-0.25, -0.2) is 5.01 Å². The number of nitrogens with one attached hydrogen (secondary N) is 2. The molecular weight excluding hydrogens is 452 g/mol. The van der Waals surface area contributed by atoms with Crippen molar-refractivity contribution in [3.63, 3.8) is 0 Å². The number of carbonyl (C=O) groups excluding carboxylic acids is 4. The van der Waals surface area contributed by atoms with Gasteiger partial charge in [-0.15, -0.1) is 0 Å². The monoisotopic (exact) mass is 484 g/mol. The molecule has 0 bridgehead atoms. The van der Waals surface area contributed by atoms with Crippen molar-refractivity contribution in [3.05, 3.63) is 57.8 Å². The lowest BCUT2D eigenvalue weighted by Gasteiger charge is -2.34. The summed E-state index contributed by atoms with van der Waals surface area (Å²) in [5, 5.41) is 12.1. The van der Waals surface area contributed by atoms with Crippen LogP contribution in [0.1, 0.15) is 61.6 Å². The van der Waals surface area contributed by atoms with Crippen LogP contribution in [0.3, 0.4) is 0 Å². The molecule has 2 N–H and O–H groups in total. The highest BCUT2D eigenvalue weighted by Crippen LogP contribution is 2.28. The molecule has 1 aliphatic heterocycles. The second-order valence-corrected chi connectivity index (χ2v) is 9.97. The standard InChI is InChI=1S/C25H32N4O4S/c1-15(2)12-20(26-21(30)13-17-10-11-34-14-17)23(31)27-22-18-8-6-7-9-19(18)24(32)29(16(3)4)28(5)25(22)33/h6-11,14-16,20,22H,12-13H2,1-5H3,(H,26,30)(H,27,31)/t20-,22?/m0/s1. The molecule has 9 heteroatoms. The highest BCUT2D eigenvalue weighted by Gasteiger charge is 2.40. The van der Waals surface area contributed by atoms with Crippen LogP contribution >= 0.6 is 11.3 Å². The second-order valence-electron chi connectivity index (χ2n) is 9.19. The van der Waals surface area contributed by atoms with E-state index in [0.717, 1.165) is 5.56 Å². The average Bonchev–Trinajstić information content (AvgIpc) is 3.26. The number of fused-ring (bicyclic) bond motifs is 1. The van der Waals surface area contributed by atoms with Gasteiger partial charge in [-0.05, 0) is 60.2 Å². The van der Waals surface area contributed by atoms with E-state index >= 15 is 0 Å². The van der Waals surface area contributed by atoms with E-state index in [-0.39, 0.29) is 30.2 Å². The molecule has 3 rings (SSSR count). The second kappa shape index (κ2) is 10.8. The van der Waals surface area contributed by atoms with Gasteiger partial charge in [-0.3, -0.25) is 24.2 Å². The fourth-order valence-corrected chi connectivity index (χ4v) is 4.79. The topological polar surface area (TPSA) is 98.8 Å². The van der Waals surface area contributed by atoms with E-state index in [1.54, 1.807) is 24.3 Å². The third kappa shape index (κ3) is 5.64. The van der Waals surface area contributed by atoms with Crippen molar-refractivity contribution in [1.82, 2.24) is 20.7 Å². The van der Waals surface area contributed by atoms with Crippen LogP contribution < -0.4 is 10.6 Å². The zero-order chi connectivity index (χ0) is 25.0. The largest absolute Gasteiger partial charge is 0.344 e. The first-order chi connectivity index (χ1) is 16.1. The fraction of sp³-hybridized carbons (Fsp3) is 0.440. The van der Waals surface area contributed by atoms with Crippen molar-refractivity contribution in [3.8, 4) is 0 Å².